The second-order valence-electron chi connectivity index (χ2n) is 4.51. The van der Waals surface area contributed by atoms with Gasteiger partial charge in [0.1, 0.15) is 5.75 Å². The van der Waals surface area contributed by atoms with Gasteiger partial charge in [-0.25, -0.2) is 13.1 Å². The van der Waals surface area contributed by atoms with E-state index in [9.17, 15) is 13.2 Å². The van der Waals surface area contributed by atoms with Gasteiger partial charge in [-0.2, -0.15) is 0 Å². The first kappa shape index (κ1) is 17.2. The summed E-state index contributed by atoms with van der Waals surface area (Å²) in [5, 5.41) is 2.62. The Labute approximate surface area is 125 Å². The Morgan fingerprint density at radius 3 is 2.48 bits per heavy atom. The topological polar surface area (TPSA) is 84.5 Å². The first-order valence-corrected chi connectivity index (χ1v) is 8.23. The third-order valence-electron chi connectivity index (χ3n) is 2.71. The molecule has 0 aliphatic heterocycles. The maximum Gasteiger partial charge on any atom is 0.222 e. The zero-order valence-electron chi connectivity index (χ0n) is 12.1. The molecule has 1 atom stereocenters. The SMILES string of the molecule is C=CCNC(=O)C[C@@H](NS(C)(=O)=O)c1ccc(OC)cc1. The summed E-state index contributed by atoms with van der Waals surface area (Å²) in [5.41, 5.74) is 0.690. The van der Waals surface area contributed by atoms with Gasteiger partial charge in [-0.3, -0.25) is 4.79 Å². The Hall–Kier alpha value is -1.86. The van der Waals surface area contributed by atoms with Gasteiger partial charge in [0.15, 0.2) is 0 Å². The summed E-state index contributed by atoms with van der Waals surface area (Å²) in [6, 6.07) is 6.25. The van der Waals surface area contributed by atoms with E-state index in [2.05, 4.69) is 16.6 Å². The maximum absolute atomic E-state index is 11.8. The summed E-state index contributed by atoms with van der Waals surface area (Å²) < 4.78 is 30.4. The zero-order valence-corrected chi connectivity index (χ0v) is 12.9. The summed E-state index contributed by atoms with van der Waals surface area (Å²) in [6.07, 6.45) is 2.63. The second-order valence-corrected chi connectivity index (χ2v) is 6.29. The highest BCUT2D eigenvalue weighted by Gasteiger charge is 2.19. The number of hydrogen-bond donors (Lipinski definition) is 2. The number of rotatable bonds is 8. The van der Waals surface area contributed by atoms with E-state index in [0.29, 0.717) is 17.9 Å². The van der Waals surface area contributed by atoms with E-state index >= 15 is 0 Å². The Kier molecular flexibility index (Phi) is 6.39. The van der Waals surface area contributed by atoms with Crippen LogP contribution >= 0.6 is 0 Å². The van der Waals surface area contributed by atoms with Crippen molar-refractivity contribution in [1.29, 1.82) is 0 Å². The Bertz CT molecular complexity index is 581. The molecule has 7 heteroatoms. The van der Waals surface area contributed by atoms with Crippen molar-refractivity contribution in [3.05, 3.63) is 42.5 Å². The van der Waals surface area contributed by atoms with Gasteiger partial charge in [-0.05, 0) is 17.7 Å². The number of carbonyl (C=O) groups is 1. The molecular formula is C14H20N2O4S. The summed E-state index contributed by atoms with van der Waals surface area (Å²) >= 11 is 0. The van der Waals surface area contributed by atoms with Crippen molar-refractivity contribution in [2.24, 2.45) is 0 Å². The molecule has 2 N–H and O–H groups in total. The van der Waals surface area contributed by atoms with E-state index in [0.717, 1.165) is 6.26 Å². The molecule has 21 heavy (non-hydrogen) atoms. The minimum atomic E-state index is -3.43. The molecule has 0 saturated carbocycles. The van der Waals surface area contributed by atoms with Gasteiger partial charge in [-0.15, -0.1) is 6.58 Å². The van der Waals surface area contributed by atoms with Crippen LogP contribution in [0.2, 0.25) is 0 Å². The fourth-order valence-electron chi connectivity index (χ4n) is 1.77. The Balaban J connectivity index is 2.89. The molecule has 0 aliphatic rings. The van der Waals surface area contributed by atoms with Crippen LogP contribution in [0.1, 0.15) is 18.0 Å². The van der Waals surface area contributed by atoms with Gasteiger partial charge >= 0.3 is 0 Å². The van der Waals surface area contributed by atoms with Crippen molar-refractivity contribution in [3.63, 3.8) is 0 Å². The molecule has 116 valence electrons. The molecule has 0 aliphatic carbocycles. The minimum Gasteiger partial charge on any atom is -0.497 e. The Morgan fingerprint density at radius 2 is 2.00 bits per heavy atom. The van der Waals surface area contributed by atoms with E-state index in [1.54, 1.807) is 37.5 Å². The first-order valence-electron chi connectivity index (χ1n) is 6.34. The number of amides is 1. The lowest BCUT2D eigenvalue weighted by molar-refractivity contribution is -0.121. The van der Waals surface area contributed by atoms with E-state index in [4.69, 9.17) is 4.74 Å². The molecule has 0 fully saturated rings. The monoisotopic (exact) mass is 312 g/mol. The van der Waals surface area contributed by atoms with Crippen molar-refractivity contribution in [2.45, 2.75) is 12.5 Å². The summed E-state index contributed by atoms with van der Waals surface area (Å²) in [5.74, 6) is 0.403. The molecule has 0 aromatic heterocycles. The van der Waals surface area contributed by atoms with Crippen LogP contribution in [0.5, 0.6) is 5.75 Å². The molecule has 0 radical (unpaired) electrons. The lowest BCUT2D eigenvalue weighted by Gasteiger charge is -2.18. The van der Waals surface area contributed by atoms with Crippen LogP contribution < -0.4 is 14.8 Å². The normalized spacial score (nSPS) is 12.5. The molecule has 0 unspecified atom stereocenters. The smallest absolute Gasteiger partial charge is 0.222 e. The largest absolute Gasteiger partial charge is 0.497 e. The quantitative estimate of drug-likeness (QED) is 0.701. The zero-order chi connectivity index (χ0) is 15.9. The van der Waals surface area contributed by atoms with Crippen molar-refractivity contribution in [3.8, 4) is 5.75 Å². The minimum absolute atomic E-state index is 0.00718. The standard InChI is InChI=1S/C14H20N2O4S/c1-4-9-15-14(17)10-13(16-21(3,18)19)11-5-7-12(20-2)8-6-11/h4-8,13,16H,1,9-10H2,2-3H3,(H,15,17)/t13-/m1/s1. The van der Waals surface area contributed by atoms with Crippen molar-refractivity contribution in [1.82, 2.24) is 10.0 Å². The average Bonchev–Trinajstić information content (AvgIpc) is 2.43. The van der Waals surface area contributed by atoms with E-state index < -0.39 is 16.1 Å². The number of hydrogen-bond acceptors (Lipinski definition) is 4. The lowest BCUT2D eigenvalue weighted by atomic mass is 10.0. The predicted octanol–water partition coefficient (Wildman–Crippen LogP) is 0.978. The molecule has 6 nitrogen and oxygen atoms in total. The fraction of sp³-hybridized carbons (Fsp3) is 0.357. The van der Waals surface area contributed by atoms with Gasteiger partial charge < -0.3 is 10.1 Å². The van der Waals surface area contributed by atoms with Gasteiger partial charge in [0, 0.05) is 13.0 Å². The van der Waals surface area contributed by atoms with Crippen LogP contribution in [0.3, 0.4) is 0 Å². The molecule has 1 aromatic rings. The van der Waals surface area contributed by atoms with Crippen LogP contribution in [-0.4, -0.2) is 34.2 Å². The molecule has 0 bridgehead atoms. The van der Waals surface area contributed by atoms with Gasteiger partial charge in [0.25, 0.3) is 0 Å². The summed E-state index contributed by atoms with van der Waals surface area (Å²) in [6.45, 7) is 3.85. The molecule has 1 rings (SSSR count). The molecule has 0 heterocycles. The summed E-state index contributed by atoms with van der Waals surface area (Å²) in [7, 11) is -1.89. The third kappa shape index (κ3) is 6.42. The number of methoxy groups -OCH3 is 1. The molecule has 1 aromatic carbocycles. The predicted molar refractivity (Wildman–Crippen MR) is 81.5 cm³/mol. The number of carbonyl (C=O) groups excluding carboxylic acids is 1. The highest BCUT2D eigenvalue weighted by molar-refractivity contribution is 7.88. The number of nitrogens with one attached hydrogen (secondary N) is 2. The van der Waals surface area contributed by atoms with Crippen LogP contribution in [0, 0.1) is 0 Å². The van der Waals surface area contributed by atoms with E-state index in [1.165, 1.54) is 0 Å². The van der Waals surface area contributed by atoms with Crippen molar-refractivity contribution in [2.75, 3.05) is 19.9 Å². The van der Waals surface area contributed by atoms with E-state index in [-0.39, 0.29) is 12.3 Å². The lowest BCUT2D eigenvalue weighted by Crippen LogP contribution is -2.33. The second kappa shape index (κ2) is 7.80. The highest BCUT2D eigenvalue weighted by Crippen LogP contribution is 2.21. The average molecular weight is 312 g/mol. The summed E-state index contributed by atoms with van der Waals surface area (Å²) in [4.78, 5) is 11.8. The fourth-order valence-corrected chi connectivity index (χ4v) is 2.50. The van der Waals surface area contributed by atoms with Crippen LogP contribution in [-0.2, 0) is 14.8 Å². The molecular weight excluding hydrogens is 292 g/mol. The van der Waals surface area contributed by atoms with E-state index in [1.807, 2.05) is 0 Å². The number of benzene rings is 1. The van der Waals surface area contributed by atoms with Crippen molar-refractivity contribution >= 4 is 15.9 Å². The van der Waals surface area contributed by atoms with Gasteiger partial charge in [0.2, 0.25) is 15.9 Å². The van der Waals surface area contributed by atoms with Crippen molar-refractivity contribution < 1.29 is 17.9 Å². The third-order valence-corrected chi connectivity index (χ3v) is 3.42. The van der Waals surface area contributed by atoms with Crippen LogP contribution in [0.4, 0.5) is 0 Å². The molecule has 0 spiro atoms. The highest BCUT2D eigenvalue weighted by atomic mass is 32.2. The van der Waals surface area contributed by atoms with Crippen LogP contribution in [0.25, 0.3) is 0 Å². The first-order chi connectivity index (χ1) is 9.85. The number of ether oxygens (including phenoxy) is 1. The molecule has 0 saturated heterocycles. The molecule has 1 amide bonds. The number of sulfonamides is 1. The Morgan fingerprint density at radius 1 is 1.38 bits per heavy atom. The maximum atomic E-state index is 11.8. The van der Waals surface area contributed by atoms with Crippen LogP contribution in [0.15, 0.2) is 36.9 Å². The van der Waals surface area contributed by atoms with Gasteiger partial charge in [-0.1, -0.05) is 18.2 Å². The van der Waals surface area contributed by atoms with Gasteiger partial charge in [0.05, 0.1) is 19.4 Å².